The third-order valence-electron chi connectivity index (χ3n) is 1.17. The summed E-state index contributed by atoms with van der Waals surface area (Å²) in [5, 5.41) is 0. The quantitative estimate of drug-likeness (QED) is 0.481. The summed E-state index contributed by atoms with van der Waals surface area (Å²) in [4.78, 5) is 9.44. The van der Waals surface area contributed by atoms with Gasteiger partial charge >= 0.3 is 17.1 Å². The second-order valence-corrected chi connectivity index (χ2v) is 2.91. The molecule has 0 aromatic heterocycles. The van der Waals surface area contributed by atoms with E-state index >= 15 is 0 Å². The summed E-state index contributed by atoms with van der Waals surface area (Å²) < 4.78 is 0. The van der Waals surface area contributed by atoms with Crippen molar-refractivity contribution in [1.82, 2.24) is 0 Å². The molecule has 0 saturated carbocycles. The molecule has 0 aliphatic heterocycles. The first-order valence-electron chi connectivity index (χ1n) is 5.35. The number of carbonyl (C=O) groups is 1. The van der Waals surface area contributed by atoms with Gasteiger partial charge < -0.3 is 11.7 Å². The van der Waals surface area contributed by atoms with Crippen LogP contribution in [0.5, 0.6) is 0 Å². The van der Waals surface area contributed by atoms with Gasteiger partial charge in [0, 0.05) is 0 Å². The van der Waals surface area contributed by atoms with Crippen LogP contribution in [0.3, 0.4) is 0 Å². The van der Waals surface area contributed by atoms with E-state index in [-0.39, 0.29) is 22.9 Å². The fourth-order valence-corrected chi connectivity index (χ4v) is 0.680. The SMILES string of the molecule is CC(C)=O.[C-]1=CC=CC1.[C-]1=CC=CC1.[CH2-]C.[Fe+3]. The molecule has 0 unspecified atom stereocenters. The summed E-state index contributed by atoms with van der Waals surface area (Å²) in [7, 11) is 0. The van der Waals surface area contributed by atoms with E-state index in [4.69, 9.17) is 0 Å². The van der Waals surface area contributed by atoms with Gasteiger partial charge in [0.05, 0.1) is 0 Å². The third-order valence-corrected chi connectivity index (χ3v) is 1.17. The Labute approximate surface area is 117 Å². The minimum absolute atomic E-state index is 0. The van der Waals surface area contributed by atoms with E-state index < -0.39 is 0 Å². The van der Waals surface area contributed by atoms with Gasteiger partial charge in [0.15, 0.2) is 0 Å². The zero-order valence-corrected chi connectivity index (χ0v) is 12.0. The van der Waals surface area contributed by atoms with Crippen LogP contribution in [0.2, 0.25) is 0 Å². The molecule has 1 nitrogen and oxygen atoms in total. The van der Waals surface area contributed by atoms with Gasteiger partial charge in [-0.25, -0.2) is 24.3 Å². The van der Waals surface area contributed by atoms with E-state index in [9.17, 15) is 4.79 Å². The van der Waals surface area contributed by atoms with Crippen molar-refractivity contribution in [1.29, 1.82) is 0 Å². The second-order valence-electron chi connectivity index (χ2n) is 2.91. The maximum atomic E-state index is 9.44. The zero-order chi connectivity index (χ0) is 12.6. The molecule has 2 rings (SSSR count). The van der Waals surface area contributed by atoms with Gasteiger partial charge in [0.1, 0.15) is 5.78 Å². The summed E-state index contributed by atoms with van der Waals surface area (Å²) >= 11 is 0. The first-order chi connectivity index (χ1) is 7.73. The van der Waals surface area contributed by atoms with Crippen molar-refractivity contribution in [2.75, 3.05) is 0 Å². The molecule has 0 amide bonds. The normalized spacial score (nSPS) is 12.2. The molecule has 0 atom stereocenters. The summed E-state index contributed by atoms with van der Waals surface area (Å²) in [6, 6.07) is 0. The first kappa shape index (κ1) is 21.4. The molecular formula is C15H21FeO. The summed E-state index contributed by atoms with van der Waals surface area (Å²) in [5.74, 6) is 0.167. The predicted molar refractivity (Wildman–Crippen MR) is 70.5 cm³/mol. The smallest absolute Gasteiger partial charge is 0.346 e. The van der Waals surface area contributed by atoms with Gasteiger partial charge in [0.2, 0.25) is 0 Å². The Kier molecular flexibility index (Phi) is 25.9. The van der Waals surface area contributed by atoms with E-state index in [0.717, 1.165) is 12.8 Å². The Bertz CT molecular complexity index is 214. The van der Waals surface area contributed by atoms with Crippen LogP contribution in [-0.2, 0) is 21.9 Å². The molecule has 1 radical (unpaired) electrons. The molecule has 95 valence electrons. The molecule has 2 aliphatic carbocycles. The van der Waals surface area contributed by atoms with Crippen molar-refractivity contribution < 1.29 is 21.9 Å². The molecular weight excluding hydrogens is 252 g/mol. The van der Waals surface area contributed by atoms with Crippen LogP contribution < -0.4 is 0 Å². The van der Waals surface area contributed by atoms with Crippen molar-refractivity contribution in [3.63, 3.8) is 0 Å². The van der Waals surface area contributed by atoms with E-state index in [0.29, 0.717) is 0 Å². The van der Waals surface area contributed by atoms with Crippen molar-refractivity contribution in [3.05, 3.63) is 55.5 Å². The van der Waals surface area contributed by atoms with Gasteiger partial charge in [-0.3, -0.25) is 12.2 Å². The summed E-state index contributed by atoms with van der Waals surface area (Å²) in [6.07, 6.45) is 20.0. The fourth-order valence-electron chi connectivity index (χ4n) is 0.680. The van der Waals surface area contributed by atoms with Crippen molar-refractivity contribution in [2.24, 2.45) is 0 Å². The van der Waals surface area contributed by atoms with Gasteiger partial charge in [-0.05, 0) is 13.8 Å². The van der Waals surface area contributed by atoms with E-state index in [2.05, 4.69) is 31.2 Å². The van der Waals surface area contributed by atoms with Crippen molar-refractivity contribution >= 4 is 5.78 Å². The molecule has 0 aromatic carbocycles. The Morgan fingerprint density at radius 1 is 1.00 bits per heavy atom. The van der Waals surface area contributed by atoms with Gasteiger partial charge in [-0.1, -0.05) is 0 Å². The van der Waals surface area contributed by atoms with Crippen molar-refractivity contribution in [2.45, 2.75) is 33.6 Å². The number of rotatable bonds is 0. The minimum Gasteiger partial charge on any atom is -0.346 e. The molecule has 0 spiro atoms. The molecule has 0 fully saturated rings. The number of hydrogen-bond acceptors (Lipinski definition) is 1. The minimum atomic E-state index is 0. The Morgan fingerprint density at radius 3 is 1.35 bits per heavy atom. The largest absolute Gasteiger partial charge is 3.00 e. The van der Waals surface area contributed by atoms with E-state index in [1.165, 1.54) is 13.8 Å². The van der Waals surface area contributed by atoms with Crippen LogP contribution in [0.1, 0.15) is 33.6 Å². The second kappa shape index (κ2) is 20.5. The van der Waals surface area contributed by atoms with Crippen LogP contribution in [-0.4, -0.2) is 5.78 Å². The van der Waals surface area contributed by atoms with Crippen LogP contribution in [0.4, 0.5) is 0 Å². The molecule has 2 heteroatoms. The molecule has 0 N–H and O–H groups in total. The molecule has 0 heterocycles. The molecule has 17 heavy (non-hydrogen) atoms. The average molecular weight is 273 g/mol. The van der Waals surface area contributed by atoms with Crippen LogP contribution >= 0.6 is 0 Å². The number of allylic oxidation sites excluding steroid dienone is 8. The summed E-state index contributed by atoms with van der Waals surface area (Å²) in [6.45, 7) is 8.06. The maximum absolute atomic E-state index is 9.44. The monoisotopic (exact) mass is 273 g/mol. The Morgan fingerprint density at radius 2 is 1.29 bits per heavy atom. The van der Waals surface area contributed by atoms with Gasteiger partial charge in [-0.15, -0.1) is 12.8 Å². The molecule has 0 aromatic rings. The Hall–Kier alpha value is -0.851. The topological polar surface area (TPSA) is 17.1 Å². The average Bonchev–Trinajstić information content (AvgIpc) is 2.99. The number of carbonyl (C=O) groups excluding carboxylic acids is 1. The third kappa shape index (κ3) is 31.3. The van der Waals surface area contributed by atoms with Gasteiger partial charge in [0.25, 0.3) is 0 Å². The van der Waals surface area contributed by atoms with Crippen molar-refractivity contribution in [3.8, 4) is 0 Å². The number of ketones is 1. The molecule has 0 bridgehead atoms. The predicted octanol–water partition coefficient (Wildman–Crippen LogP) is 4.04. The van der Waals surface area contributed by atoms with Crippen LogP contribution in [0.15, 0.2) is 36.5 Å². The van der Waals surface area contributed by atoms with Crippen LogP contribution in [0.25, 0.3) is 0 Å². The number of Topliss-reactive ketones (excluding diaryl/α,β-unsaturated/α-hetero) is 1. The standard InChI is InChI=1S/2C5H5.C3H6O.C2H5.Fe/c2*1-2-4-5-3-1;1-3(2)4;1-2;/h2*1-3H,4H2;1-2H3;1H2,2H3;/q2*-1;;-1;+3. The maximum Gasteiger partial charge on any atom is 3.00 e. The van der Waals surface area contributed by atoms with Gasteiger partial charge in [-0.2, -0.15) is 19.1 Å². The Balaban J connectivity index is -0.000000158. The molecule has 2 aliphatic rings. The first-order valence-corrected chi connectivity index (χ1v) is 5.35. The number of hydrogen-bond donors (Lipinski definition) is 0. The fraction of sp³-hybridized carbons (Fsp3) is 0.333. The van der Waals surface area contributed by atoms with Crippen LogP contribution in [0, 0.1) is 19.1 Å². The van der Waals surface area contributed by atoms with E-state index in [1.807, 2.05) is 24.3 Å². The van der Waals surface area contributed by atoms with E-state index in [1.54, 1.807) is 6.92 Å². The summed E-state index contributed by atoms with van der Waals surface area (Å²) in [5.41, 5.74) is 0. The molecule has 0 saturated heterocycles. The zero-order valence-electron chi connectivity index (χ0n) is 10.8.